The number of nitro benzene ring substituents is 1. The van der Waals surface area contributed by atoms with E-state index in [4.69, 9.17) is 4.74 Å². The maximum atomic E-state index is 14.4. The highest BCUT2D eigenvalue weighted by Gasteiger charge is 2.35. The van der Waals surface area contributed by atoms with Crippen molar-refractivity contribution >= 4 is 23.6 Å². The molecule has 0 saturated carbocycles. The molecule has 1 N–H and O–H groups in total. The summed E-state index contributed by atoms with van der Waals surface area (Å²) in [5.41, 5.74) is -4.50. The fourth-order valence-electron chi connectivity index (χ4n) is 2.01. The maximum absolute atomic E-state index is 14.4. The third-order valence-electron chi connectivity index (χ3n) is 3.40. The largest absolute Gasteiger partial charge is 0.506 e. The van der Waals surface area contributed by atoms with Gasteiger partial charge in [-0.3, -0.25) is 15.1 Å². The lowest BCUT2D eigenvalue weighted by Crippen LogP contribution is -2.15. The van der Waals surface area contributed by atoms with Crippen LogP contribution >= 0.6 is 0 Å². The average Bonchev–Trinajstić information content (AvgIpc) is 2.59. The number of hydrogen-bond donors (Lipinski definition) is 1. The number of carbonyl (C=O) groups excluding carboxylic acids is 1. The van der Waals surface area contributed by atoms with Crippen LogP contribution in [0.5, 0.6) is 0 Å². The van der Waals surface area contributed by atoms with E-state index in [0.717, 1.165) is 13.1 Å². The van der Waals surface area contributed by atoms with Crippen LogP contribution in [0.4, 0.5) is 18.9 Å². The van der Waals surface area contributed by atoms with Crippen molar-refractivity contribution in [1.29, 1.82) is 0 Å². The van der Waals surface area contributed by atoms with Crippen LogP contribution in [-0.2, 0) is 9.53 Å². The van der Waals surface area contributed by atoms with Gasteiger partial charge in [0.25, 0.3) is 0 Å². The molecular formula is C16H17F3N2O5. The first-order valence-electron chi connectivity index (χ1n) is 7.53. The Balaban J connectivity index is 3.70. The van der Waals surface area contributed by atoms with Crippen molar-refractivity contribution in [2.45, 2.75) is 26.7 Å². The summed E-state index contributed by atoms with van der Waals surface area (Å²) in [5.74, 6) is -7.71. The second-order valence-electron chi connectivity index (χ2n) is 5.19. The number of benzene rings is 1. The van der Waals surface area contributed by atoms with Gasteiger partial charge in [-0.2, -0.15) is 4.39 Å². The predicted molar refractivity (Wildman–Crippen MR) is 87.5 cm³/mol. The number of rotatable bonds is 7. The number of aliphatic hydroxyl groups excluding tert-OH is 1. The molecule has 1 aromatic rings. The molecule has 0 aliphatic heterocycles. The van der Waals surface area contributed by atoms with Crippen LogP contribution in [0.15, 0.2) is 10.6 Å². The van der Waals surface area contributed by atoms with Gasteiger partial charge in [0.1, 0.15) is 22.7 Å². The number of nitro groups is 1. The van der Waals surface area contributed by atoms with Crippen LogP contribution in [0.1, 0.15) is 30.9 Å². The second-order valence-corrected chi connectivity index (χ2v) is 5.19. The van der Waals surface area contributed by atoms with Gasteiger partial charge in [-0.05, 0) is 13.3 Å². The van der Waals surface area contributed by atoms with Crippen molar-refractivity contribution in [2.24, 2.45) is 4.99 Å². The Hall–Kier alpha value is -2.91. The molecule has 0 saturated heterocycles. The van der Waals surface area contributed by atoms with Gasteiger partial charge in [0.05, 0.1) is 11.5 Å². The van der Waals surface area contributed by atoms with Gasteiger partial charge < -0.3 is 9.84 Å². The molecule has 0 aliphatic carbocycles. The molecule has 0 unspecified atom stereocenters. The van der Waals surface area contributed by atoms with Crippen LogP contribution in [-0.4, -0.2) is 35.9 Å². The molecule has 0 amide bonds. The van der Waals surface area contributed by atoms with Crippen molar-refractivity contribution in [1.82, 2.24) is 0 Å². The number of esters is 1. The van der Waals surface area contributed by atoms with E-state index in [2.05, 4.69) is 4.99 Å². The van der Waals surface area contributed by atoms with Gasteiger partial charge in [0.15, 0.2) is 5.82 Å². The number of nitrogens with zero attached hydrogens (tertiary/aromatic N) is 2. The molecule has 0 heterocycles. The van der Waals surface area contributed by atoms with E-state index < -0.39 is 56.5 Å². The minimum atomic E-state index is -1.96. The molecule has 26 heavy (non-hydrogen) atoms. The van der Waals surface area contributed by atoms with Gasteiger partial charge in [-0.15, -0.1) is 0 Å². The summed E-state index contributed by atoms with van der Waals surface area (Å²) < 4.78 is 46.8. The molecule has 0 bridgehead atoms. The van der Waals surface area contributed by atoms with Crippen LogP contribution in [0, 0.1) is 34.5 Å². The van der Waals surface area contributed by atoms with E-state index in [1.807, 2.05) is 6.92 Å². The number of hydrogen-bond acceptors (Lipinski definition) is 6. The monoisotopic (exact) mass is 374 g/mol. The number of unbranched alkanes of at least 4 members (excludes halogenated alkanes) is 1. The Morgan fingerprint density at radius 2 is 1.92 bits per heavy atom. The van der Waals surface area contributed by atoms with E-state index in [0.29, 0.717) is 12.8 Å². The number of ether oxygens (including phenoxy) is 1. The lowest BCUT2D eigenvalue weighted by atomic mass is 10.0. The van der Waals surface area contributed by atoms with Gasteiger partial charge in [0.2, 0.25) is 5.82 Å². The third-order valence-corrected chi connectivity index (χ3v) is 3.40. The highest BCUT2D eigenvalue weighted by molar-refractivity contribution is 6.15. The van der Waals surface area contributed by atoms with Gasteiger partial charge in [-0.1, -0.05) is 13.3 Å². The summed E-state index contributed by atoms with van der Waals surface area (Å²) in [4.78, 5) is 25.2. The standard InChI is InChI=1S/C16H17F3N2O5/c1-4-5-6-26-16(23)9(7-20-3)15(22)10-11(17)8(2)12(18)13(19)14(10)21(24)25/h7,22H,4-6H2,1-3H3. The van der Waals surface area contributed by atoms with Gasteiger partial charge in [0, 0.05) is 18.8 Å². The lowest BCUT2D eigenvalue weighted by molar-refractivity contribution is -0.388. The van der Waals surface area contributed by atoms with Crippen LogP contribution in [0.25, 0.3) is 5.76 Å². The smallest absolute Gasteiger partial charge is 0.343 e. The Labute approximate surface area is 147 Å². The molecule has 10 heteroatoms. The Morgan fingerprint density at radius 1 is 1.31 bits per heavy atom. The first kappa shape index (κ1) is 21.1. The quantitative estimate of drug-likeness (QED) is 0.115. The summed E-state index contributed by atoms with van der Waals surface area (Å²) in [6.45, 7) is 2.64. The number of halogens is 3. The zero-order valence-corrected chi connectivity index (χ0v) is 14.3. The molecule has 0 spiro atoms. The Kier molecular flexibility index (Phi) is 7.29. The summed E-state index contributed by atoms with van der Waals surface area (Å²) in [6, 6.07) is 0. The Morgan fingerprint density at radius 3 is 2.42 bits per heavy atom. The highest BCUT2D eigenvalue weighted by atomic mass is 19.2. The molecule has 0 radical (unpaired) electrons. The minimum absolute atomic E-state index is 0.0228. The molecule has 0 atom stereocenters. The number of carbonyl (C=O) groups is 1. The summed E-state index contributed by atoms with van der Waals surface area (Å²) >= 11 is 0. The van der Waals surface area contributed by atoms with Crippen LogP contribution < -0.4 is 0 Å². The first-order valence-corrected chi connectivity index (χ1v) is 7.53. The predicted octanol–water partition coefficient (Wildman–Crippen LogP) is 3.63. The fourth-order valence-corrected chi connectivity index (χ4v) is 2.01. The molecule has 0 aromatic heterocycles. The lowest BCUT2D eigenvalue weighted by Gasteiger charge is -2.11. The number of aliphatic hydroxyl groups is 1. The zero-order valence-electron chi connectivity index (χ0n) is 14.3. The molecule has 1 aromatic carbocycles. The molecule has 1 rings (SSSR count). The van der Waals surface area contributed by atoms with Gasteiger partial charge >= 0.3 is 11.7 Å². The minimum Gasteiger partial charge on any atom is -0.506 e. The summed E-state index contributed by atoms with van der Waals surface area (Å²) in [7, 11) is 1.22. The van der Waals surface area contributed by atoms with Crippen molar-refractivity contribution in [3.63, 3.8) is 0 Å². The van der Waals surface area contributed by atoms with E-state index in [9.17, 15) is 33.2 Å². The third kappa shape index (κ3) is 4.19. The molecule has 7 nitrogen and oxygen atoms in total. The molecule has 142 valence electrons. The topological polar surface area (TPSA) is 102 Å². The summed E-state index contributed by atoms with van der Waals surface area (Å²) in [5, 5.41) is 21.3. The van der Waals surface area contributed by atoms with E-state index in [-0.39, 0.29) is 6.61 Å². The van der Waals surface area contributed by atoms with Crippen molar-refractivity contribution < 1.29 is 32.7 Å². The van der Waals surface area contributed by atoms with Crippen molar-refractivity contribution in [3.8, 4) is 0 Å². The molecule has 0 aliphatic rings. The van der Waals surface area contributed by atoms with E-state index >= 15 is 0 Å². The van der Waals surface area contributed by atoms with E-state index in [1.54, 1.807) is 0 Å². The highest BCUT2D eigenvalue weighted by Crippen LogP contribution is 2.35. The van der Waals surface area contributed by atoms with E-state index in [1.165, 1.54) is 7.05 Å². The summed E-state index contributed by atoms with van der Waals surface area (Å²) in [6.07, 6.45) is 1.98. The number of aliphatic imine (C=N–C) groups is 1. The maximum Gasteiger partial charge on any atom is 0.343 e. The normalized spacial score (nSPS) is 12.2. The van der Waals surface area contributed by atoms with Crippen LogP contribution in [0.2, 0.25) is 0 Å². The fraction of sp³-hybridized carbons (Fsp3) is 0.375. The molecular weight excluding hydrogens is 357 g/mol. The van der Waals surface area contributed by atoms with Gasteiger partial charge in [-0.25, -0.2) is 13.6 Å². The van der Waals surface area contributed by atoms with Crippen LogP contribution in [0.3, 0.4) is 0 Å². The molecule has 0 fully saturated rings. The zero-order chi connectivity index (χ0) is 20.0. The SMILES string of the molecule is CCCCOC(=O)C(C=NC)=C(O)c1c(F)c(C)c(F)c(F)c1[N+](=O)[O-]. The second kappa shape index (κ2) is 8.97. The Bertz CT molecular complexity index is 791. The average molecular weight is 374 g/mol. The van der Waals surface area contributed by atoms with Crippen molar-refractivity contribution in [2.75, 3.05) is 13.7 Å². The van der Waals surface area contributed by atoms with Crippen molar-refractivity contribution in [3.05, 3.63) is 44.3 Å². The first-order chi connectivity index (χ1) is 12.2.